The summed E-state index contributed by atoms with van der Waals surface area (Å²) in [4.78, 5) is 18.6. The Morgan fingerprint density at radius 3 is 2.66 bits per heavy atom. The number of hydrogen-bond acceptors (Lipinski definition) is 5. The molecule has 2 aromatic carbocycles. The minimum Gasteiger partial charge on any atom is -0.354 e. The van der Waals surface area contributed by atoms with Crippen molar-refractivity contribution in [3.8, 4) is 11.4 Å². The SMILES string of the molecule is Cc1ccc(-c2noc(CCC(=O)NCC(c3cccc(F)c3)N(C)C)n2)cc1. The Morgan fingerprint density at radius 2 is 1.97 bits per heavy atom. The van der Waals surface area contributed by atoms with Gasteiger partial charge in [-0.2, -0.15) is 4.98 Å². The Labute approximate surface area is 169 Å². The predicted molar refractivity (Wildman–Crippen MR) is 109 cm³/mol. The molecular formula is C22H25FN4O2. The first kappa shape index (κ1) is 20.7. The number of rotatable bonds is 8. The highest BCUT2D eigenvalue weighted by Gasteiger charge is 2.16. The zero-order valence-corrected chi connectivity index (χ0v) is 16.9. The van der Waals surface area contributed by atoms with Crippen molar-refractivity contribution in [3.63, 3.8) is 0 Å². The van der Waals surface area contributed by atoms with Gasteiger partial charge in [-0.05, 0) is 38.7 Å². The minimum atomic E-state index is -0.290. The van der Waals surface area contributed by atoms with Gasteiger partial charge in [-0.1, -0.05) is 47.1 Å². The summed E-state index contributed by atoms with van der Waals surface area (Å²) in [7, 11) is 3.79. The second kappa shape index (κ2) is 9.43. The van der Waals surface area contributed by atoms with E-state index in [4.69, 9.17) is 4.52 Å². The van der Waals surface area contributed by atoms with E-state index >= 15 is 0 Å². The maximum absolute atomic E-state index is 13.5. The number of likely N-dealkylation sites (N-methyl/N-ethyl adjacent to an activating group) is 1. The number of nitrogens with zero attached hydrogens (tertiary/aromatic N) is 3. The molecule has 0 saturated carbocycles. The van der Waals surface area contributed by atoms with Crippen molar-refractivity contribution in [1.29, 1.82) is 0 Å². The van der Waals surface area contributed by atoms with Gasteiger partial charge in [-0.25, -0.2) is 4.39 Å². The Bertz CT molecular complexity index is 953. The fraction of sp³-hybridized carbons (Fsp3) is 0.318. The Morgan fingerprint density at radius 1 is 1.21 bits per heavy atom. The average molecular weight is 396 g/mol. The molecule has 152 valence electrons. The van der Waals surface area contributed by atoms with Crippen LogP contribution in [0.3, 0.4) is 0 Å². The summed E-state index contributed by atoms with van der Waals surface area (Å²) < 4.78 is 18.8. The standard InChI is InChI=1S/C22H25FN4O2/c1-15-7-9-16(10-8-15)22-25-21(29-26-22)12-11-20(28)24-14-19(27(2)3)17-5-4-6-18(23)13-17/h4-10,13,19H,11-12,14H2,1-3H3,(H,24,28). The van der Waals surface area contributed by atoms with Crippen molar-refractivity contribution in [2.45, 2.75) is 25.8 Å². The quantitative estimate of drug-likeness (QED) is 0.631. The van der Waals surface area contributed by atoms with E-state index in [-0.39, 0.29) is 24.2 Å². The van der Waals surface area contributed by atoms with Crippen LogP contribution in [0.5, 0.6) is 0 Å². The minimum absolute atomic E-state index is 0.119. The molecule has 1 atom stereocenters. The molecule has 0 bridgehead atoms. The third-order valence-electron chi connectivity index (χ3n) is 4.69. The number of carbonyl (C=O) groups excluding carboxylic acids is 1. The number of halogens is 1. The third kappa shape index (κ3) is 5.71. The fourth-order valence-electron chi connectivity index (χ4n) is 3.01. The molecule has 0 spiro atoms. The van der Waals surface area contributed by atoms with E-state index in [1.54, 1.807) is 6.07 Å². The van der Waals surface area contributed by atoms with E-state index in [0.717, 1.165) is 16.7 Å². The van der Waals surface area contributed by atoms with Gasteiger partial charge in [0.2, 0.25) is 17.6 Å². The van der Waals surface area contributed by atoms with Crippen LogP contribution in [0.2, 0.25) is 0 Å². The van der Waals surface area contributed by atoms with E-state index in [9.17, 15) is 9.18 Å². The molecule has 1 heterocycles. The van der Waals surface area contributed by atoms with Crippen LogP contribution in [0.1, 0.15) is 29.5 Å². The molecular weight excluding hydrogens is 371 g/mol. The van der Waals surface area contributed by atoms with Crippen LogP contribution in [0, 0.1) is 12.7 Å². The molecule has 0 radical (unpaired) electrons. The molecule has 3 rings (SSSR count). The van der Waals surface area contributed by atoms with Crippen LogP contribution >= 0.6 is 0 Å². The van der Waals surface area contributed by atoms with Gasteiger partial charge in [0, 0.05) is 24.9 Å². The first-order valence-electron chi connectivity index (χ1n) is 9.50. The third-order valence-corrected chi connectivity index (χ3v) is 4.69. The molecule has 0 aliphatic heterocycles. The molecule has 0 aliphatic carbocycles. The molecule has 6 nitrogen and oxygen atoms in total. The largest absolute Gasteiger partial charge is 0.354 e. The number of aryl methyl sites for hydroxylation is 2. The Kier molecular flexibility index (Phi) is 6.72. The fourth-order valence-corrected chi connectivity index (χ4v) is 3.01. The highest BCUT2D eigenvalue weighted by atomic mass is 19.1. The predicted octanol–water partition coefficient (Wildman–Crippen LogP) is 3.54. The lowest BCUT2D eigenvalue weighted by Crippen LogP contribution is -2.34. The number of hydrogen-bond donors (Lipinski definition) is 1. The average Bonchev–Trinajstić information content (AvgIpc) is 3.16. The molecule has 29 heavy (non-hydrogen) atoms. The number of benzene rings is 2. The van der Waals surface area contributed by atoms with Gasteiger partial charge in [-0.3, -0.25) is 4.79 Å². The smallest absolute Gasteiger partial charge is 0.227 e. The normalized spacial score (nSPS) is 12.2. The monoisotopic (exact) mass is 396 g/mol. The van der Waals surface area contributed by atoms with Crippen molar-refractivity contribution in [2.24, 2.45) is 0 Å². The van der Waals surface area contributed by atoms with E-state index in [0.29, 0.717) is 24.7 Å². The summed E-state index contributed by atoms with van der Waals surface area (Å²) in [5.41, 5.74) is 2.84. The van der Waals surface area contributed by atoms with Crippen LogP contribution in [0.25, 0.3) is 11.4 Å². The van der Waals surface area contributed by atoms with E-state index in [1.807, 2.05) is 56.3 Å². The summed E-state index contributed by atoms with van der Waals surface area (Å²) in [5, 5.41) is 6.88. The highest BCUT2D eigenvalue weighted by molar-refractivity contribution is 5.76. The topological polar surface area (TPSA) is 71.3 Å². The van der Waals surface area contributed by atoms with Gasteiger partial charge >= 0.3 is 0 Å². The lowest BCUT2D eigenvalue weighted by molar-refractivity contribution is -0.121. The second-order valence-electron chi connectivity index (χ2n) is 7.22. The summed E-state index contributed by atoms with van der Waals surface area (Å²) >= 11 is 0. The summed E-state index contributed by atoms with van der Waals surface area (Å²) in [6.45, 7) is 2.40. The second-order valence-corrected chi connectivity index (χ2v) is 7.22. The first-order valence-corrected chi connectivity index (χ1v) is 9.50. The van der Waals surface area contributed by atoms with Crippen molar-refractivity contribution >= 4 is 5.91 Å². The molecule has 0 aliphatic rings. The molecule has 1 aromatic heterocycles. The summed E-state index contributed by atoms with van der Waals surface area (Å²) in [6.07, 6.45) is 0.593. The first-order chi connectivity index (χ1) is 13.9. The Hall–Kier alpha value is -3.06. The number of aromatic nitrogens is 2. The van der Waals surface area contributed by atoms with E-state index in [1.165, 1.54) is 12.1 Å². The van der Waals surface area contributed by atoms with Crippen LogP contribution in [0.4, 0.5) is 4.39 Å². The zero-order valence-electron chi connectivity index (χ0n) is 16.9. The van der Waals surface area contributed by atoms with Crippen molar-refractivity contribution in [1.82, 2.24) is 20.4 Å². The molecule has 3 aromatic rings. The molecule has 1 N–H and O–H groups in total. The van der Waals surface area contributed by atoms with Crippen LogP contribution in [-0.2, 0) is 11.2 Å². The van der Waals surface area contributed by atoms with Crippen molar-refractivity contribution in [3.05, 3.63) is 71.4 Å². The van der Waals surface area contributed by atoms with Gasteiger partial charge in [0.15, 0.2) is 0 Å². The highest BCUT2D eigenvalue weighted by Crippen LogP contribution is 2.19. The van der Waals surface area contributed by atoms with Gasteiger partial charge < -0.3 is 14.7 Å². The van der Waals surface area contributed by atoms with E-state index in [2.05, 4.69) is 15.5 Å². The summed E-state index contributed by atoms with van der Waals surface area (Å²) in [6, 6.07) is 14.1. The molecule has 0 fully saturated rings. The summed E-state index contributed by atoms with van der Waals surface area (Å²) in [5.74, 6) is 0.522. The van der Waals surface area contributed by atoms with Crippen molar-refractivity contribution in [2.75, 3.05) is 20.6 Å². The Balaban J connectivity index is 1.52. The molecule has 1 amide bonds. The maximum Gasteiger partial charge on any atom is 0.227 e. The maximum atomic E-state index is 13.5. The van der Waals surface area contributed by atoms with E-state index < -0.39 is 0 Å². The number of carbonyl (C=O) groups is 1. The number of nitrogens with one attached hydrogen (secondary N) is 1. The van der Waals surface area contributed by atoms with Gasteiger partial charge in [0.25, 0.3) is 0 Å². The zero-order chi connectivity index (χ0) is 20.8. The van der Waals surface area contributed by atoms with Crippen LogP contribution < -0.4 is 5.32 Å². The van der Waals surface area contributed by atoms with Gasteiger partial charge in [-0.15, -0.1) is 0 Å². The molecule has 1 unspecified atom stereocenters. The van der Waals surface area contributed by atoms with Crippen molar-refractivity contribution < 1.29 is 13.7 Å². The molecule has 7 heteroatoms. The van der Waals surface area contributed by atoms with Gasteiger partial charge in [0.1, 0.15) is 5.82 Å². The molecule has 0 saturated heterocycles. The van der Waals surface area contributed by atoms with Crippen LogP contribution in [-0.4, -0.2) is 41.6 Å². The number of amides is 1. The van der Waals surface area contributed by atoms with Crippen LogP contribution in [0.15, 0.2) is 53.1 Å². The lowest BCUT2D eigenvalue weighted by atomic mass is 10.1. The lowest BCUT2D eigenvalue weighted by Gasteiger charge is -2.25. The van der Waals surface area contributed by atoms with Gasteiger partial charge in [0.05, 0.1) is 6.04 Å².